The fourth-order valence-corrected chi connectivity index (χ4v) is 0.729. The van der Waals surface area contributed by atoms with E-state index in [9.17, 15) is 4.79 Å². The van der Waals surface area contributed by atoms with Crippen LogP contribution in [0.1, 0.15) is 6.92 Å². The molecule has 1 atom stereocenters. The molecular weight excluding hydrogens is 144 g/mol. The van der Waals surface area contributed by atoms with Crippen LogP contribution in [0.5, 0.6) is 0 Å². The number of rotatable bonds is 2. The van der Waals surface area contributed by atoms with Crippen molar-refractivity contribution >= 4 is 12.2 Å². The summed E-state index contributed by atoms with van der Waals surface area (Å²) in [7, 11) is 0. The molecule has 0 aliphatic carbocycles. The van der Waals surface area contributed by atoms with Crippen molar-refractivity contribution in [3.05, 3.63) is 12.4 Å². The first kappa shape index (κ1) is 7.78. The Morgan fingerprint density at radius 1 is 1.82 bits per heavy atom. The number of carbonyl (C=O) groups is 1. The molecule has 0 bridgehead atoms. The molecule has 0 amide bonds. The highest BCUT2D eigenvalue weighted by molar-refractivity contribution is 5.94. The Bertz CT molecular complexity index is 199. The third kappa shape index (κ3) is 2.07. The molecule has 1 N–H and O–H groups in total. The van der Waals surface area contributed by atoms with E-state index in [2.05, 4.69) is 10.3 Å². The number of aliphatic imine (C=N–C) groups is 1. The highest BCUT2D eigenvalue weighted by atomic mass is 16.5. The van der Waals surface area contributed by atoms with Gasteiger partial charge < -0.3 is 10.1 Å². The van der Waals surface area contributed by atoms with E-state index in [4.69, 9.17) is 4.74 Å². The maximum Gasteiger partial charge on any atom is 0.334 e. The van der Waals surface area contributed by atoms with Gasteiger partial charge in [-0.1, -0.05) is 0 Å². The average Bonchev–Trinajstić information content (AvgIpc) is 2.07. The first-order chi connectivity index (χ1) is 5.34. The zero-order valence-electron chi connectivity index (χ0n) is 6.28. The summed E-state index contributed by atoms with van der Waals surface area (Å²) in [6.45, 7) is 2.17. The lowest BCUT2D eigenvalue weighted by atomic mass is 10.3. The van der Waals surface area contributed by atoms with Gasteiger partial charge in [0.2, 0.25) is 0 Å². The molecule has 1 aliphatic heterocycles. The number of esters is 1. The topological polar surface area (TPSA) is 50.7 Å². The fourth-order valence-electron chi connectivity index (χ4n) is 0.729. The fraction of sp³-hybridized carbons (Fsp3) is 0.429. The van der Waals surface area contributed by atoms with Gasteiger partial charge in [0.05, 0.1) is 6.61 Å². The Balaban J connectivity index is 2.42. The SMILES string of the molecule is CCOC(=O)C1C=NC=CN1. The first-order valence-electron chi connectivity index (χ1n) is 3.45. The molecule has 60 valence electrons. The minimum Gasteiger partial charge on any atom is -0.464 e. The molecular formula is C7H10N2O2. The first-order valence-corrected chi connectivity index (χ1v) is 3.45. The summed E-state index contributed by atoms with van der Waals surface area (Å²) in [6, 6.07) is -0.417. The molecule has 0 saturated carbocycles. The van der Waals surface area contributed by atoms with Crippen molar-refractivity contribution in [2.24, 2.45) is 4.99 Å². The Morgan fingerprint density at radius 3 is 3.18 bits per heavy atom. The molecule has 0 aromatic heterocycles. The molecule has 4 nitrogen and oxygen atoms in total. The summed E-state index contributed by atoms with van der Waals surface area (Å²) < 4.78 is 4.75. The summed E-state index contributed by atoms with van der Waals surface area (Å²) in [6.07, 6.45) is 4.70. The highest BCUT2D eigenvalue weighted by Crippen LogP contribution is 1.91. The third-order valence-corrected chi connectivity index (χ3v) is 1.21. The maximum absolute atomic E-state index is 11.0. The van der Waals surface area contributed by atoms with Crippen LogP contribution in [0.2, 0.25) is 0 Å². The number of nitrogens with zero attached hydrogens (tertiary/aromatic N) is 1. The largest absolute Gasteiger partial charge is 0.464 e. The van der Waals surface area contributed by atoms with E-state index in [1.54, 1.807) is 19.3 Å². The molecule has 0 radical (unpaired) electrons. The van der Waals surface area contributed by atoms with Crippen molar-refractivity contribution in [3.8, 4) is 0 Å². The molecule has 4 heteroatoms. The van der Waals surface area contributed by atoms with Crippen LogP contribution < -0.4 is 5.32 Å². The van der Waals surface area contributed by atoms with E-state index < -0.39 is 6.04 Å². The van der Waals surface area contributed by atoms with Crippen molar-refractivity contribution in [1.82, 2.24) is 5.32 Å². The van der Waals surface area contributed by atoms with Crippen LogP contribution in [0, 0.1) is 0 Å². The van der Waals surface area contributed by atoms with Crippen LogP contribution in [0.15, 0.2) is 17.4 Å². The van der Waals surface area contributed by atoms with Gasteiger partial charge in [-0.15, -0.1) is 0 Å². The van der Waals surface area contributed by atoms with Crippen molar-refractivity contribution in [2.75, 3.05) is 6.61 Å². The maximum atomic E-state index is 11.0. The number of nitrogens with one attached hydrogen (secondary N) is 1. The second-order valence-corrected chi connectivity index (χ2v) is 2.01. The molecule has 1 aliphatic rings. The molecule has 0 saturated heterocycles. The second-order valence-electron chi connectivity index (χ2n) is 2.01. The van der Waals surface area contributed by atoms with Crippen molar-refractivity contribution < 1.29 is 9.53 Å². The Kier molecular flexibility index (Phi) is 2.66. The zero-order chi connectivity index (χ0) is 8.10. The van der Waals surface area contributed by atoms with Gasteiger partial charge in [0.25, 0.3) is 0 Å². The van der Waals surface area contributed by atoms with Gasteiger partial charge in [0.1, 0.15) is 0 Å². The third-order valence-electron chi connectivity index (χ3n) is 1.21. The summed E-state index contributed by atoms with van der Waals surface area (Å²) in [4.78, 5) is 14.8. The average molecular weight is 154 g/mol. The summed E-state index contributed by atoms with van der Waals surface area (Å²) in [5.74, 6) is -0.291. The van der Waals surface area contributed by atoms with Crippen LogP contribution in [0.25, 0.3) is 0 Å². The Morgan fingerprint density at radius 2 is 2.64 bits per heavy atom. The molecule has 0 spiro atoms. The van der Waals surface area contributed by atoms with Crippen LogP contribution in [-0.4, -0.2) is 24.8 Å². The molecule has 0 fully saturated rings. The predicted molar refractivity (Wildman–Crippen MR) is 41.2 cm³/mol. The molecule has 1 heterocycles. The smallest absolute Gasteiger partial charge is 0.334 e. The quantitative estimate of drug-likeness (QED) is 0.572. The van der Waals surface area contributed by atoms with E-state index in [-0.39, 0.29) is 5.97 Å². The second kappa shape index (κ2) is 3.75. The van der Waals surface area contributed by atoms with Crippen LogP contribution in [0.4, 0.5) is 0 Å². The Hall–Kier alpha value is -1.32. The number of hydrogen-bond acceptors (Lipinski definition) is 4. The summed E-state index contributed by atoms with van der Waals surface area (Å²) in [5, 5.41) is 2.80. The minimum absolute atomic E-state index is 0.291. The zero-order valence-corrected chi connectivity index (χ0v) is 6.28. The normalized spacial score (nSPS) is 21.0. The van der Waals surface area contributed by atoms with E-state index in [0.717, 1.165) is 0 Å². The van der Waals surface area contributed by atoms with Gasteiger partial charge in [-0.25, -0.2) is 4.79 Å². The summed E-state index contributed by atoms with van der Waals surface area (Å²) in [5.41, 5.74) is 0. The van der Waals surface area contributed by atoms with Crippen molar-refractivity contribution in [2.45, 2.75) is 13.0 Å². The lowest BCUT2D eigenvalue weighted by molar-refractivity contribution is -0.143. The summed E-state index contributed by atoms with van der Waals surface area (Å²) >= 11 is 0. The van der Waals surface area contributed by atoms with Crippen LogP contribution in [0.3, 0.4) is 0 Å². The monoisotopic (exact) mass is 154 g/mol. The molecule has 1 rings (SSSR count). The van der Waals surface area contributed by atoms with Gasteiger partial charge in [-0.2, -0.15) is 0 Å². The van der Waals surface area contributed by atoms with Crippen LogP contribution in [-0.2, 0) is 9.53 Å². The number of carbonyl (C=O) groups excluding carboxylic acids is 1. The molecule has 0 aromatic rings. The number of hydrogen-bond donors (Lipinski definition) is 1. The van der Waals surface area contributed by atoms with Crippen LogP contribution >= 0.6 is 0 Å². The molecule has 1 unspecified atom stereocenters. The van der Waals surface area contributed by atoms with Gasteiger partial charge in [0, 0.05) is 18.6 Å². The lowest BCUT2D eigenvalue weighted by Crippen LogP contribution is -2.37. The van der Waals surface area contributed by atoms with Crippen molar-refractivity contribution in [3.63, 3.8) is 0 Å². The standard InChI is InChI=1S/C7H10N2O2/c1-2-11-7(10)6-5-8-3-4-9-6/h3-6,9H,2H2,1H3. The predicted octanol–water partition coefficient (Wildman–Crippen LogP) is 0.0633. The molecule has 0 aromatic carbocycles. The van der Waals surface area contributed by atoms with Gasteiger partial charge >= 0.3 is 5.97 Å². The highest BCUT2D eigenvalue weighted by Gasteiger charge is 2.15. The lowest BCUT2D eigenvalue weighted by Gasteiger charge is -2.12. The molecule has 11 heavy (non-hydrogen) atoms. The minimum atomic E-state index is -0.417. The van der Waals surface area contributed by atoms with Crippen molar-refractivity contribution in [1.29, 1.82) is 0 Å². The Labute approximate surface area is 65.0 Å². The van der Waals surface area contributed by atoms with E-state index in [1.165, 1.54) is 6.21 Å². The van der Waals surface area contributed by atoms with Gasteiger partial charge in [0.15, 0.2) is 6.04 Å². The van der Waals surface area contributed by atoms with E-state index in [0.29, 0.717) is 6.61 Å². The van der Waals surface area contributed by atoms with Gasteiger partial charge in [-0.05, 0) is 6.92 Å². The number of ether oxygens (including phenoxy) is 1. The van der Waals surface area contributed by atoms with E-state index in [1.807, 2.05) is 0 Å². The van der Waals surface area contributed by atoms with Gasteiger partial charge in [-0.3, -0.25) is 4.99 Å². The van der Waals surface area contributed by atoms with E-state index >= 15 is 0 Å².